The summed E-state index contributed by atoms with van der Waals surface area (Å²) >= 11 is 0. The third-order valence-corrected chi connectivity index (χ3v) is 5.25. The minimum Gasteiger partial charge on any atom is -0.508 e. The SMILES string of the molecule is CCC(=O)C1=C(O)C(=O)N(c2ccc(Nc3ccccc3)cc2)C1c1ccc(O)cc1. The third-order valence-electron chi connectivity index (χ3n) is 5.25. The number of nitrogens with one attached hydrogen (secondary N) is 1. The molecule has 0 fully saturated rings. The highest BCUT2D eigenvalue weighted by Gasteiger charge is 2.43. The van der Waals surface area contributed by atoms with Crippen LogP contribution in [0.25, 0.3) is 0 Å². The zero-order valence-corrected chi connectivity index (χ0v) is 16.9. The first kappa shape index (κ1) is 20.2. The van der Waals surface area contributed by atoms with Gasteiger partial charge in [-0.25, -0.2) is 0 Å². The third kappa shape index (κ3) is 3.88. The molecule has 1 unspecified atom stereocenters. The molecule has 3 N–H and O–H groups in total. The number of aromatic hydroxyl groups is 1. The van der Waals surface area contributed by atoms with E-state index in [1.807, 2.05) is 42.5 Å². The second-order valence-electron chi connectivity index (χ2n) is 7.25. The summed E-state index contributed by atoms with van der Waals surface area (Å²) in [6, 6.07) is 22.4. The number of ketones is 1. The Bertz CT molecular complexity index is 1140. The highest BCUT2D eigenvalue weighted by atomic mass is 16.3. The standard InChI is InChI=1S/C25H22N2O4/c1-2-21(29)22-23(16-8-14-20(28)15-9-16)27(25(31)24(22)30)19-12-10-18(11-13-19)26-17-6-4-3-5-7-17/h3-15,23,26,28,30H,2H2,1H3. The molecule has 0 aliphatic carbocycles. The number of hydrogen-bond donors (Lipinski definition) is 3. The zero-order valence-electron chi connectivity index (χ0n) is 16.9. The van der Waals surface area contributed by atoms with Gasteiger partial charge in [0.1, 0.15) is 5.75 Å². The van der Waals surface area contributed by atoms with E-state index < -0.39 is 17.7 Å². The van der Waals surface area contributed by atoms with Crippen LogP contribution in [0.2, 0.25) is 0 Å². The fourth-order valence-electron chi connectivity index (χ4n) is 3.71. The molecule has 1 amide bonds. The molecule has 0 saturated carbocycles. The van der Waals surface area contributed by atoms with Gasteiger partial charge in [-0.3, -0.25) is 14.5 Å². The Hall–Kier alpha value is -4.06. The molecule has 3 aromatic carbocycles. The van der Waals surface area contributed by atoms with E-state index in [-0.39, 0.29) is 23.5 Å². The van der Waals surface area contributed by atoms with Crippen LogP contribution in [0, 0.1) is 0 Å². The highest BCUT2D eigenvalue weighted by molar-refractivity contribution is 6.16. The van der Waals surface area contributed by atoms with Crippen molar-refractivity contribution in [2.75, 3.05) is 10.2 Å². The number of anilines is 3. The fourth-order valence-corrected chi connectivity index (χ4v) is 3.71. The van der Waals surface area contributed by atoms with Gasteiger partial charge in [-0.05, 0) is 54.1 Å². The van der Waals surface area contributed by atoms with Gasteiger partial charge in [-0.15, -0.1) is 0 Å². The Balaban J connectivity index is 1.71. The van der Waals surface area contributed by atoms with Crippen LogP contribution >= 0.6 is 0 Å². The van der Waals surface area contributed by atoms with Gasteiger partial charge in [0.2, 0.25) is 0 Å². The van der Waals surface area contributed by atoms with Gasteiger partial charge in [-0.1, -0.05) is 37.3 Å². The monoisotopic (exact) mass is 414 g/mol. The van der Waals surface area contributed by atoms with Crippen LogP contribution in [-0.4, -0.2) is 21.9 Å². The number of aliphatic hydroxyl groups excluding tert-OH is 1. The van der Waals surface area contributed by atoms with Gasteiger partial charge < -0.3 is 15.5 Å². The normalized spacial score (nSPS) is 16.0. The van der Waals surface area contributed by atoms with E-state index in [0.717, 1.165) is 11.4 Å². The molecule has 4 rings (SSSR count). The lowest BCUT2D eigenvalue weighted by atomic mass is 9.95. The number of phenols is 1. The van der Waals surface area contributed by atoms with Gasteiger partial charge in [0.25, 0.3) is 5.91 Å². The minimum atomic E-state index is -0.770. The summed E-state index contributed by atoms with van der Waals surface area (Å²) in [5.41, 5.74) is 3.02. The molecule has 1 heterocycles. The second-order valence-corrected chi connectivity index (χ2v) is 7.25. The first-order valence-corrected chi connectivity index (χ1v) is 10.0. The maximum atomic E-state index is 13.0. The number of hydrogen-bond acceptors (Lipinski definition) is 5. The topological polar surface area (TPSA) is 89.9 Å². The number of carbonyl (C=O) groups excluding carboxylic acids is 2. The number of Topliss-reactive ketones (excluding diaryl/α,β-unsaturated/α-hetero) is 1. The lowest BCUT2D eigenvalue weighted by molar-refractivity contribution is -0.118. The maximum Gasteiger partial charge on any atom is 0.294 e. The number of benzene rings is 3. The van der Waals surface area contributed by atoms with E-state index in [2.05, 4.69) is 5.32 Å². The molecule has 1 aliphatic rings. The number of para-hydroxylation sites is 1. The molecular weight excluding hydrogens is 392 g/mol. The summed E-state index contributed by atoms with van der Waals surface area (Å²) in [6.45, 7) is 1.69. The van der Waals surface area contributed by atoms with Crippen molar-refractivity contribution in [3.63, 3.8) is 0 Å². The first-order valence-electron chi connectivity index (χ1n) is 10.0. The van der Waals surface area contributed by atoms with E-state index >= 15 is 0 Å². The predicted octanol–water partition coefficient (Wildman–Crippen LogP) is 5.01. The lowest BCUT2D eigenvalue weighted by Crippen LogP contribution is -2.30. The van der Waals surface area contributed by atoms with Crippen LogP contribution in [0.4, 0.5) is 17.1 Å². The number of aliphatic hydroxyl groups is 1. The van der Waals surface area contributed by atoms with E-state index in [9.17, 15) is 19.8 Å². The molecule has 1 aliphatic heterocycles. The van der Waals surface area contributed by atoms with Crippen LogP contribution in [-0.2, 0) is 9.59 Å². The maximum absolute atomic E-state index is 13.0. The summed E-state index contributed by atoms with van der Waals surface area (Å²) < 4.78 is 0. The van der Waals surface area contributed by atoms with Crippen LogP contribution in [0.1, 0.15) is 24.9 Å². The smallest absolute Gasteiger partial charge is 0.294 e. The van der Waals surface area contributed by atoms with Crippen molar-refractivity contribution in [1.29, 1.82) is 0 Å². The molecular formula is C25H22N2O4. The molecule has 0 bridgehead atoms. The Morgan fingerprint density at radius 3 is 2.13 bits per heavy atom. The van der Waals surface area contributed by atoms with E-state index in [4.69, 9.17) is 0 Å². The van der Waals surface area contributed by atoms with Crippen LogP contribution < -0.4 is 10.2 Å². The van der Waals surface area contributed by atoms with Crippen molar-refractivity contribution in [3.05, 3.63) is 95.8 Å². The summed E-state index contributed by atoms with van der Waals surface area (Å²) in [6.07, 6.45) is 0.162. The highest BCUT2D eigenvalue weighted by Crippen LogP contribution is 2.41. The van der Waals surface area contributed by atoms with Crippen molar-refractivity contribution >= 4 is 28.8 Å². The Labute approximate surface area is 180 Å². The number of carbonyl (C=O) groups is 2. The molecule has 6 nitrogen and oxygen atoms in total. The van der Waals surface area contributed by atoms with Crippen molar-refractivity contribution < 1.29 is 19.8 Å². The lowest BCUT2D eigenvalue weighted by Gasteiger charge is -2.27. The van der Waals surface area contributed by atoms with Crippen molar-refractivity contribution in [2.24, 2.45) is 0 Å². The quantitative estimate of drug-likeness (QED) is 0.527. The largest absolute Gasteiger partial charge is 0.508 e. The average molecular weight is 414 g/mol. The van der Waals surface area contributed by atoms with Crippen molar-refractivity contribution in [1.82, 2.24) is 0 Å². The van der Waals surface area contributed by atoms with Gasteiger partial charge in [-0.2, -0.15) is 0 Å². The zero-order chi connectivity index (χ0) is 22.0. The molecule has 1 atom stereocenters. The molecule has 156 valence electrons. The summed E-state index contributed by atoms with van der Waals surface area (Å²) in [5.74, 6) is -1.38. The second kappa shape index (κ2) is 8.36. The molecule has 3 aromatic rings. The van der Waals surface area contributed by atoms with Gasteiger partial charge in [0.05, 0.1) is 11.6 Å². The van der Waals surface area contributed by atoms with E-state index in [1.54, 1.807) is 31.2 Å². The molecule has 31 heavy (non-hydrogen) atoms. The van der Waals surface area contributed by atoms with Crippen molar-refractivity contribution in [2.45, 2.75) is 19.4 Å². The van der Waals surface area contributed by atoms with Gasteiger partial charge in [0.15, 0.2) is 11.5 Å². The number of nitrogens with zero attached hydrogens (tertiary/aromatic N) is 1. The molecule has 6 heteroatoms. The number of phenolic OH excluding ortho intramolecular Hbond substituents is 1. The van der Waals surface area contributed by atoms with E-state index in [1.165, 1.54) is 17.0 Å². The van der Waals surface area contributed by atoms with Crippen LogP contribution in [0.5, 0.6) is 5.75 Å². The minimum absolute atomic E-state index is 0.0738. The summed E-state index contributed by atoms with van der Waals surface area (Å²) in [5, 5.41) is 23.5. The number of amides is 1. The predicted molar refractivity (Wildman–Crippen MR) is 119 cm³/mol. The van der Waals surface area contributed by atoms with Crippen LogP contribution in [0.3, 0.4) is 0 Å². The summed E-state index contributed by atoms with van der Waals surface area (Å²) in [4.78, 5) is 27.0. The average Bonchev–Trinajstić information content (AvgIpc) is 3.06. The van der Waals surface area contributed by atoms with E-state index in [0.29, 0.717) is 11.3 Å². The number of rotatable bonds is 6. The Morgan fingerprint density at radius 1 is 0.903 bits per heavy atom. The molecule has 0 radical (unpaired) electrons. The fraction of sp³-hybridized carbons (Fsp3) is 0.120. The van der Waals surface area contributed by atoms with Crippen molar-refractivity contribution in [3.8, 4) is 5.75 Å². The Morgan fingerprint density at radius 2 is 1.52 bits per heavy atom. The van der Waals surface area contributed by atoms with Gasteiger partial charge in [0, 0.05) is 23.5 Å². The Kier molecular flexibility index (Phi) is 5.45. The van der Waals surface area contributed by atoms with Gasteiger partial charge >= 0.3 is 0 Å². The molecule has 0 spiro atoms. The molecule has 0 saturated heterocycles. The molecule has 0 aromatic heterocycles. The summed E-state index contributed by atoms with van der Waals surface area (Å²) in [7, 11) is 0. The van der Waals surface area contributed by atoms with Crippen LogP contribution in [0.15, 0.2) is 90.2 Å². The first-order chi connectivity index (χ1) is 15.0.